The van der Waals surface area contributed by atoms with Crippen molar-refractivity contribution in [2.45, 2.75) is 38.5 Å². The fourth-order valence-electron chi connectivity index (χ4n) is 9.77. The molecule has 9 aromatic rings. The molecule has 0 saturated carbocycles. The fraction of sp³-hybridized carbons (Fsp3) is 0.111. The van der Waals surface area contributed by atoms with E-state index in [1.807, 2.05) is 18.3 Å². The Morgan fingerprint density at radius 3 is 1.52 bits per heavy atom. The SMILES string of the molecule is CC1(C)c2ccccc2-c2ccc(-c3cc(-c4ccc5c(c4)C(C)(C)c4ccccc4-5)c4cc(-c5ccc(-c6ccccn6)cc5)c5ccccc5c4n3)cc21. The summed E-state index contributed by atoms with van der Waals surface area (Å²) in [6.45, 7) is 9.43. The van der Waals surface area contributed by atoms with Crippen LogP contribution in [-0.4, -0.2) is 9.97 Å². The summed E-state index contributed by atoms with van der Waals surface area (Å²) in [6.07, 6.45) is 1.85. The van der Waals surface area contributed by atoms with E-state index in [0.29, 0.717) is 0 Å². The zero-order valence-electron chi connectivity index (χ0n) is 32.1. The van der Waals surface area contributed by atoms with Gasteiger partial charge in [0, 0.05) is 38.9 Å². The number of rotatable bonds is 4. The zero-order chi connectivity index (χ0) is 37.8. The molecular weight excluding hydrogens is 677 g/mol. The minimum absolute atomic E-state index is 0.101. The van der Waals surface area contributed by atoms with E-state index in [1.54, 1.807) is 0 Å². The summed E-state index contributed by atoms with van der Waals surface area (Å²) < 4.78 is 0. The van der Waals surface area contributed by atoms with Crippen molar-refractivity contribution in [1.82, 2.24) is 9.97 Å². The standard InChI is InChI=1S/C54H40N2/c1-53(2)46-17-9-7-14-38(46)40-26-24-35(29-48(40)53)44-32-51(36-25-27-41-39-15-8-10-18-47(39)54(3,4)49(41)30-36)56-52-42-16-6-5-13-37(42)43(31-45(44)52)33-20-22-34(23-21-33)50-19-11-12-28-55-50/h5-32H,1-4H3. The highest BCUT2D eigenvalue weighted by molar-refractivity contribution is 6.16. The second-order valence-corrected chi connectivity index (χ2v) is 16.6. The third-order valence-electron chi connectivity index (χ3n) is 12.7. The maximum absolute atomic E-state index is 5.60. The van der Waals surface area contributed by atoms with Gasteiger partial charge in [-0.3, -0.25) is 4.98 Å². The number of benzene rings is 7. The highest BCUT2D eigenvalue weighted by Gasteiger charge is 2.37. The van der Waals surface area contributed by atoms with Crippen molar-refractivity contribution in [2.24, 2.45) is 0 Å². The molecule has 0 bridgehead atoms. The van der Waals surface area contributed by atoms with Crippen molar-refractivity contribution >= 4 is 21.7 Å². The Labute approximate surface area is 328 Å². The molecule has 0 atom stereocenters. The molecule has 266 valence electrons. The molecule has 2 heteroatoms. The quantitative estimate of drug-likeness (QED) is 0.170. The van der Waals surface area contributed by atoms with Gasteiger partial charge >= 0.3 is 0 Å². The number of fused-ring (bicyclic) bond motifs is 9. The summed E-state index contributed by atoms with van der Waals surface area (Å²) in [6, 6.07) is 60.3. The third kappa shape index (κ3) is 4.75. The molecule has 0 radical (unpaired) electrons. The van der Waals surface area contributed by atoms with Gasteiger partial charge in [0.25, 0.3) is 0 Å². The second kappa shape index (κ2) is 11.9. The van der Waals surface area contributed by atoms with E-state index in [-0.39, 0.29) is 10.8 Å². The monoisotopic (exact) mass is 716 g/mol. The van der Waals surface area contributed by atoms with Crippen LogP contribution in [0.25, 0.3) is 88.7 Å². The van der Waals surface area contributed by atoms with E-state index in [4.69, 9.17) is 4.98 Å². The molecule has 0 saturated heterocycles. The molecule has 0 unspecified atom stereocenters. The van der Waals surface area contributed by atoms with E-state index in [1.165, 1.54) is 72.1 Å². The topological polar surface area (TPSA) is 25.8 Å². The van der Waals surface area contributed by atoms with E-state index in [0.717, 1.165) is 38.8 Å². The molecule has 7 aromatic carbocycles. The first kappa shape index (κ1) is 32.8. The first-order valence-electron chi connectivity index (χ1n) is 19.7. The molecule has 0 spiro atoms. The minimum Gasteiger partial charge on any atom is -0.256 e. The Bertz CT molecular complexity index is 3060. The summed E-state index contributed by atoms with van der Waals surface area (Å²) in [7, 11) is 0. The van der Waals surface area contributed by atoms with Gasteiger partial charge in [-0.25, -0.2) is 4.98 Å². The minimum atomic E-state index is -0.110. The lowest BCUT2D eigenvalue weighted by Crippen LogP contribution is -2.15. The molecule has 2 aromatic heterocycles. The van der Waals surface area contributed by atoms with Crippen LogP contribution in [0.3, 0.4) is 0 Å². The highest BCUT2D eigenvalue weighted by atomic mass is 14.7. The average molecular weight is 717 g/mol. The first-order chi connectivity index (χ1) is 27.3. The molecule has 56 heavy (non-hydrogen) atoms. The predicted molar refractivity (Wildman–Crippen MR) is 234 cm³/mol. The van der Waals surface area contributed by atoms with Crippen molar-refractivity contribution in [3.05, 3.63) is 192 Å². The summed E-state index contributed by atoms with van der Waals surface area (Å²) in [5.41, 5.74) is 20.6. The lowest BCUT2D eigenvalue weighted by molar-refractivity contribution is 0.660. The van der Waals surface area contributed by atoms with Crippen LogP contribution in [0, 0.1) is 0 Å². The second-order valence-electron chi connectivity index (χ2n) is 16.6. The van der Waals surface area contributed by atoms with Gasteiger partial charge in [-0.1, -0.05) is 155 Å². The molecule has 0 N–H and O–H groups in total. The van der Waals surface area contributed by atoms with Crippen LogP contribution in [0.4, 0.5) is 0 Å². The van der Waals surface area contributed by atoms with Gasteiger partial charge in [-0.15, -0.1) is 0 Å². The van der Waals surface area contributed by atoms with E-state index in [9.17, 15) is 0 Å². The Morgan fingerprint density at radius 1 is 0.339 bits per heavy atom. The van der Waals surface area contributed by atoms with Crippen molar-refractivity contribution in [3.63, 3.8) is 0 Å². The maximum Gasteiger partial charge on any atom is 0.0794 e. The predicted octanol–water partition coefficient (Wildman–Crippen LogP) is 14.1. The van der Waals surface area contributed by atoms with Crippen molar-refractivity contribution in [1.29, 1.82) is 0 Å². The number of aromatic nitrogens is 2. The summed E-state index contributed by atoms with van der Waals surface area (Å²) in [4.78, 5) is 10.2. The summed E-state index contributed by atoms with van der Waals surface area (Å²) >= 11 is 0. The molecule has 2 heterocycles. The highest BCUT2D eigenvalue weighted by Crippen LogP contribution is 2.52. The van der Waals surface area contributed by atoms with Gasteiger partial charge < -0.3 is 0 Å². The average Bonchev–Trinajstić information content (AvgIpc) is 3.62. The Morgan fingerprint density at radius 2 is 0.857 bits per heavy atom. The van der Waals surface area contributed by atoms with E-state index < -0.39 is 0 Å². The van der Waals surface area contributed by atoms with Gasteiger partial charge in [0.15, 0.2) is 0 Å². The molecule has 2 nitrogen and oxygen atoms in total. The lowest BCUT2D eigenvalue weighted by atomic mass is 9.81. The molecular formula is C54H40N2. The molecule has 2 aliphatic rings. The van der Waals surface area contributed by atoms with Crippen LogP contribution < -0.4 is 0 Å². The third-order valence-corrected chi connectivity index (χ3v) is 12.7. The lowest BCUT2D eigenvalue weighted by Gasteiger charge is -2.23. The largest absolute Gasteiger partial charge is 0.256 e. The number of pyridine rings is 2. The smallest absolute Gasteiger partial charge is 0.0794 e. The molecule has 0 fully saturated rings. The van der Waals surface area contributed by atoms with Gasteiger partial charge in [0.1, 0.15) is 0 Å². The molecule has 11 rings (SSSR count). The normalized spacial score (nSPS) is 14.4. The van der Waals surface area contributed by atoms with Gasteiger partial charge in [0.05, 0.1) is 16.9 Å². The van der Waals surface area contributed by atoms with Crippen molar-refractivity contribution < 1.29 is 0 Å². The van der Waals surface area contributed by atoms with Crippen LogP contribution >= 0.6 is 0 Å². The number of nitrogens with zero attached hydrogens (tertiary/aromatic N) is 2. The van der Waals surface area contributed by atoms with Crippen LogP contribution in [0.5, 0.6) is 0 Å². The molecule has 0 aliphatic heterocycles. The Kier molecular flexibility index (Phi) is 6.98. The summed E-state index contributed by atoms with van der Waals surface area (Å²) in [5, 5.41) is 3.50. The van der Waals surface area contributed by atoms with Crippen LogP contribution in [0.1, 0.15) is 49.9 Å². The van der Waals surface area contributed by atoms with Crippen molar-refractivity contribution in [3.8, 4) is 67.0 Å². The van der Waals surface area contributed by atoms with Gasteiger partial charge in [-0.2, -0.15) is 0 Å². The fourth-order valence-corrected chi connectivity index (χ4v) is 9.77. The molecule has 0 amide bonds. The van der Waals surface area contributed by atoms with Crippen LogP contribution in [-0.2, 0) is 10.8 Å². The van der Waals surface area contributed by atoms with E-state index in [2.05, 4.69) is 184 Å². The van der Waals surface area contributed by atoms with Gasteiger partial charge in [-0.05, 0) is 109 Å². The summed E-state index contributed by atoms with van der Waals surface area (Å²) in [5.74, 6) is 0. The zero-order valence-corrected chi connectivity index (χ0v) is 32.1. The van der Waals surface area contributed by atoms with Crippen LogP contribution in [0.2, 0.25) is 0 Å². The van der Waals surface area contributed by atoms with Crippen molar-refractivity contribution in [2.75, 3.05) is 0 Å². The number of hydrogen-bond donors (Lipinski definition) is 0. The van der Waals surface area contributed by atoms with E-state index >= 15 is 0 Å². The maximum atomic E-state index is 5.60. The number of hydrogen-bond acceptors (Lipinski definition) is 2. The Balaban J connectivity index is 1.16. The van der Waals surface area contributed by atoms with Gasteiger partial charge in [0.2, 0.25) is 0 Å². The van der Waals surface area contributed by atoms with Crippen LogP contribution in [0.15, 0.2) is 170 Å². The Hall–Kier alpha value is -6.64. The molecule has 2 aliphatic carbocycles. The first-order valence-corrected chi connectivity index (χ1v) is 19.7.